The number of carboxylic acids is 1. The predicted octanol–water partition coefficient (Wildman–Crippen LogP) is 1.22. The summed E-state index contributed by atoms with van der Waals surface area (Å²) in [5, 5.41) is 17.0. The number of carbonyl (C=O) groups excluding carboxylic acids is 1. The van der Waals surface area contributed by atoms with E-state index >= 15 is 0 Å². The summed E-state index contributed by atoms with van der Waals surface area (Å²) in [6.45, 7) is 3.82. The summed E-state index contributed by atoms with van der Waals surface area (Å²) in [6.07, 6.45) is 0.857. The number of hydrogen-bond acceptors (Lipinski definition) is 4. The quantitative estimate of drug-likeness (QED) is 0.748. The Balaban J connectivity index is 2.17. The lowest BCUT2D eigenvalue weighted by Crippen LogP contribution is -2.37. The average molecular weight is 355 g/mol. The third-order valence-electron chi connectivity index (χ3n) is 4.28. The Hall–Kier alpha value is -2.13. The van der Waals surface area contributed by atoms with Gasteiger partial charge in [-0.1, -0.05) is 13.0 Å². The maximum atomic E-state index is 12.3. The number of sulfonamides is 1. The summed E-state index contributed by atoms with van der Waals surface area (Å²) in [7, 11) is -3.90. The number of likely N-dealkylation sites (tertiary alicyclic amines) is 1. The van der Waals surface area contributed by atoms with Gasteiger partial charge in [0.05, 0.1) is 10.3 Å². The Bertz CT molecular complexity index is 777. The zero-order valence-corrected chi connectivity index (χ0v) is 14.4. The highest BCUT2D eigenvalue weighted by atomic mass is 32.2. The van der Waals surface area contributed by atoms with Crippen LogP contribution in [0.2, 0.25) is 0 Å². The van der Waals surface area contributed by atoms with Crippen LogP contribution < -0.4 is 10.5 Å². The van der Waals surface area contributed by atoms with Crippen LogP contribution in [0.15, 0.2) is 23.1 Å². The molecule has 1 saturated heterocycles. The fraction of sp³-hybridized carbons (Fsp3) is 0.467. The van der Waals surface area contributed by atoms with Crippen LogP contribution in [0.3, 0.4) is 0 Å². The molecule has 2 rings (SSSR count). The molecular formula is C15H21N3O5S. The van der Waals surface area contributed by atoms with Crippen molar-refractivity contribution in [1.29, 1.82) is 0 Å². The Labute approximate surface area is 140 Å². The molecule has 8 nitrogen and oxygen atoms in total. The highest BCUT2D eigenvalue weighted by Crippen LogP contribution is 2.30. The number of amides is 2. The van der Waals surface area contributed by atoms with Crippen molar-refractivity contribution in [3.8, 4) is 0 Å². The Morgan fingerprint density at radius 2 is 2.08 bits per heavy atom. The number of nitrogens with two attached hydrogens (primary N) is 1. The van der Waals surface area contributed by atoms with Gasteiger partial charge in [0.15, 0.2) is 0 Å². The summed E-state index contributed by atoms with van der Waals surface area (Å²) in [5.74, 6) is -0.943. The Morgan fingerprint density at radius 1 is 1.42 bits per heavy atom. The maximum Gasteiger partial charge on any atom is 0.321 e. The van der Waals surface area contributed by atoms with Gasteiger partial charge < -0.3 is 15.3 Å². The van der Waals surface area contributed by atoms with E-state index in [1.54, 1.807) is 26.0 Å². The first-order valence-electron chi connectivity index (χ1n) is 7.52. The van der Waals surface area contributed by atoms with E-state index < -0.39 is 27.4 Å². The fourth-order valence-electron chi connectivity index (χ4n) is 2.70. The number of benzene rings is 1. The summed E-state index contributed by atoms with van der Waals surface area (Å²) < 4.78 is 23.3. The van der Waals surface area contributed by atoms with Crippen LogP contribution in [0.5, 0.6) is 0 Å². The number of nitrogens with one attached hydrogen (secondary N) is 1. The number of rotatable bonds is 4. The molecule has 1 unspecified atom stereocenters. The topological polar surface area (TPSA) is 130 Å². The highest BCUT2D eigenvalue weighted by molar-refractivity contribution is 7.89. The minimum absolute atomic E-state index is 0.0282. The normalized spacial score (nSPS) is 20.9. The third-order valence-corrected chi connectivity index (χ3v) is 5.28. The number of carbonyl (C=O) groups is 2. The molecular weight excluding hydrogens is 334 g/mol. The zero-order valence-electron chi connectivity index (χ0n) is 13.6. The molecule has 132 valence electrons. The molecule has 1 fully saturated rings. The van der Waals surface area contributed by atoms with Gasteiger partial charge in [0, 0.05) is 18.8 Å². The molecule has 1 aromatic rings. The largest absolute Gasteiger partial charge is 0.481 e. The van der Waals surface area contributed by atoms with Crippen molar-refractivity contribution in [1.82, 2.24) is 4.90 Å². The number of anilines is 1. The molecule has 4 N–H and O–H groups in total. The molecule has 0 radical (unpaired) electrons. The SMILES string of the molecule is CCc1ccc(NC(=O)N2CCC(C)(C(=O)O)C2)cc1S(N)(=O)=O. The van der Waals surface area contributed by atoms with Crippen LogP contribution in [0.25, 0.3) is 0 Å². The van der Waals surface area contributed by atoms with E-state index in [-0.39, 0.29) is 11.4 Å². The maximum absolute atomic E-state index is 12.3. The van der Waals surface area contributed by atoms with Crippen molar-refractivity contribution in [2.45, 2.75) is 31.6 Å². The first-order chi connectivity index (χ1) is 11.1. The lowest BCUT2D eigenvalue weighted by atomic mass is 9.90. The van der Waals surface area contributed by atoms with Gasteiger partial charge in [0.1, 0.15) is 0 Å². The van der Waals surface area contributed by atoms with Crippen LogP contribution in [0.1, 0.15) is 25.8 Å². The van der Waals surface area contributed by atoms with Crippen LogP contribution in [-0.4, -0.2) is 43.5 Å². The number of primary sulfonamides is 1. The number of urea groups is 1. The third kappa shape index (κ3) is 3.68. The van der Waals surface area contributed by atoms with Crippen LogP contribution >= 0.6 is 0 Å². The van der Waals surface area contributed by atoms with Gasteiger partial charge in [-0.05, 0) is 37.5 Å². The Kier molecular flexibility index (Phi) is 4.86. The van der Waals surface area contributed by atoms with Crippen molar-refractivity contribution in [2.75, 3.05) is 18.4 Å². The fourth-order valence-corrected chi connectivity index (χ4v) is 3.57. The lowest BCUT2D eigenvalue weighted by Gasteiger charge is -2.20. The van der Waals surface area contributed by atoms with Crippen molar-refractivity contribution < 1.29 is 23.1 Å². The second-order valence-corrected chi connectivity index (χ2v) is 7.72. The van der Waals surface area contributed by atoms with Crippen LogP contribution in [0, 0.1) is 5.41 Å². The van der Waals surface area contributed by atoms with Gasteiger partial charge in [-0.25, -0.2) is 18.4 Å². The number of aryl methyl sites for hydroxylation is 1. The summed E-state index contributed by atoms with van der Waals surface area (Å²) in [5.41, 5.74) is -0.102. The average Bonchev–Trinajstić information content (AvgIpc) is 2.90. The second-order valence-electron chi connectivity index (χ2n) is 6.19. The minimum Gasteiger partial charge on any atom is -0.481 e. The van der Waals surface area contributed by atoms with E-state index in [0.717, 1.165) is 0 Å². The number of aliphatic carboxylic acids is 1. The molecule has 0 bridgehead atoms. The van der Waals surface area contributed by atoms with Crippen LogP contribution in [-0.2, 0) is 21.2 Å². The minimum atomic E-state index is -3.90. The van der Waals surface area contributed by atoms with Gasteiger partial charge in [-0.3, -0.25) is 4.79 Å². The molecule has 0 aliphatic carbocycles. The summed E-state index contributed by atoms with van der Waals surface area (Å²) >= 11 is 0. The monoisotopic (exact) mass is 355 g/mol. The zero-order chi connectivity index (χ0) is 18.1. The number of hydrogen-bond donors (Lipinski definition) is 3. The van der Waals surface area contributed by atoms with Gasteiger partial charge in [0.25, 0.3) is 0 Å². The van der Waals surface area contributed by atoms with Gasteiger partial charge in [0.2, 0.25) is 10.0 Å². The first-order valence-corrected chi connectivity index (χ1v) is 9.06. The molecule has 0 spiro atoms. The summed E-state index contributed by atoms with van der Waals surface area (Å²) in [6, 6.07) is 4.04. The molecule has 2 amide bonds. The van der Waals surface area contributed by atoms with E-state index in [1.807, 2.05) is 0 Å². The molecule has 1 atom stereocenters. The number of nitrogens with zero attached hydrogens (tertiary/aromatic N) is 1. The molecule has 0 saturated carbocycles. The molecule has 1 heterocycles. The van der Waals surface area contributed by atoms with Crippen LogP contribution in [0.4, 0.5) is 10.5 Å². The van der Waals surface area contributed by atoms with Gasteiger partial charge in [-0.15, -0.1) is 0 Å². The lowest BCUT2D eigenvalue weighted by molar-refractivity contribution is -0.146. The Morgan fingerprint density at radius 3 is 2.58 bits per heavy atom. The van der Waals surface area contributed by atoms with Crippen molar-refractivity contribution in [2.24, 2.45) is 10.6 Å². The second kappa shape index (κ2) is 6.40. The van der Waals surface area contributed by atoms with E-state index in [1.165, 1.54) is 11.0 Å². The van der Waals surface area contributed by atoms with E-state index in [2.05, 4.69) is 5.32 Å². The standard InChI is InChI=1S/C15H21N3O5S/c1-3-10-4-5-11(8-12(10)24(16,22)23)17-14(21)18-7-6-15(2,9-18)13(19)20/h4-5,8H,3,6-7,9H2,1-2H3,(H,17,21)(H,19,20)(H2,16,22,23). The van der Waals surface area contributed by atoms with Gasteiger partial charge in [-0.2, -0.15) is 0 Å². The highest BCUT2D eigenvalue weighted by Gasteiger charge is 2.42. The molecule has 9 heteroatoms. The van der Waals surface area contributed by atoms with Gasteiger partial charge >= 0.3 is 12.0 Å². The van der Waals surface area contributed by atoms with Crippen molar-refractivity contribution >= 4 is 27.7 Å². The molecule has 24 heavy (non-hydrogen) atoms. The molecule has 1 aromatic carbocycles. The van der Waals surface area contributed by atoms with E-state index in [9.17, 15) is 23.1 Å². The summed E-state index contributed by atoms with van der Waals surface area (Å²) in [4.78, 5) is 24.9. The molecule has 1 aliphatic rings. The smallest absolute Gasteiger partial charge is 0.321 e. The predicted molar refractivity (Wildman–Crippen MR) is 88.1 cm³/mol. The first kappa shape index (κ1) is 18.2. The number of carboxylic acid groups (broad SMARTS) is 1. The van der Waals surface area contributed by atoms with Crippen molar-refractivity contribution in [3.63, 3.8) is 0 Å². The molecule has 1 aliphatic heterocycles. The molecule has 0 aromatic heterocycles. The van der Waals surface area contributed by atoms with E-state index in [0.29, 0.717) is 30.6 Å². The van der Waals surface area contributed by atoms with Crippen molar-refractivity contribution in [3.05, 3.63) is 23.8 Å². The van der Waals surface area contributed by atoms with E-state index in [4.69, 9.17) is 5.14 Å².